The molecule has 0 aliphatic carbocycles. The standard InChI is InChI=1S/C22H14ClF4N3O6/c23-17-11(2-1-3-14(17)22(25,26)27)9-30-18(31)13(19(32)33)10-29(20(30)34)16-5-4-12(8-15(16)24)28-6-7-36-21(28)35/h1-5,8,10H,6-7,9H2,(H,32,33). The van der Waals surface area contributed by atoms with Crippen LogP contribution in [0.15, 0.2) is 52.2 Å². The molecule has 1 N–H and O–H groups in total. The van der Waals surface area contributed by atoms with Crippen molar-refractivity contribution in [2.24, 2.45) is 0 Å². The highest BCUT2D eigenvalue weighted by atomic mass is 35.5. The maximum atomic E-state index is 15.0. The van der Waals surface area contributed by atoms with Crippen molar-refractivity contribution in [2.75, 3.05) is 18.1 Å². The molecule has 14 heteroatoms. The van der Waals surface area contributed by atoms with Crippen LogP contribution in [0, 0.1) is 5.82 Å². The largest absolute Gasteiger partial charge is 0.477 e. The summed E-state index contributed by atoms with van der Waals surface area (Å²) >= 11 is 5.86. The highest BCUT2D eigenvalue weighted by molar-refractivity contribution is 6.32. The zero-order chi connectivity index (χ0) is 26.4. The van der Waals surface area contributed by atoms with Crippen LogP contribution in [0.2, 0.25) is 5.02 Å². The number of halogens is 5. The predicted molar refractivity (Wildman–Crippen MR) is 117 cm³/mol. The highest BCUT2D eigenvalue weighted by Gasteiger charge is 2.34. The zero-order valence-corrected chi connectivity index (χ0v) is 18.6. The lowest BCUT2D eigenvalue weighted by atomic mass is 10.1. The Morgan fingerprint density at radius 2 is 1.86 bits per heavy atom. The van der Waals surface area contributed by atoms with Gasteiger partial charge < -0.3 is 9.84 Å². The number of cyclic esters (lactones) is 1. The number of carboxylic acid groups (broad SMARTS) is 1. The summed E-state index contributed by atoms with van der Waals surface area (Å²) in [6.45, 7) is -0.573. The molecule has 188 valence electrons. The maximum absolute atomic E-state index is 15.0. The molecule has 9 nitrogen and oxygen atoms in total. The number of aromatic carboxylic acids is 1. The molecule has 0 spiro atoms. The lowest BCUT2D eigenvalue weighted by molar-refractivity contribution is -0.137. The second-order valence-corrected chi connectivity index (χ2v) is 7.95. The Kier molecular flexibility index (Phi) is 6.35. The number of nitrogens with zero attached hydrogens (tertiary/aromatic N) is 3. The van der Waals surface area contributed by atoms with Crippen LogP contribution >= 0.6 is 11.6 Å². The number of benzene rings is 2. The summed E-state index contributed by atoms with van der Waals surface area (Å²) in [6.07, 6.45) is -4.92. The van der Waals surface area contributed by atoms with Gasteiger partial charge in [-0.25, -0.2) is 18.8 Å². The van der Waals surface area contributed by atoms with Crippen LogP contribution in [-0.2, 0) is 17.5 Å². The minimum atomic E-state index is -4.83. The van der Waals surface area contributed by atoms with Gasteiger partial charge in [0.25, 0.3) is 5.56 Å². The Hall–Kier alpha value is -4.13. The van der Waals surface area contributed by atoms with E-state index in [9.17, 15) is 37.5 Å². The molecule has 1 amide bonds. The number of amides is 1. The molecule has 0 unspecified atom stereocenters. The van der Waals surface area contributed by atoms with Crippen LogP contribution in [0.1, 0.15) is 21.5 Å². The summed E-state index contributed by atoms with van der Waals surface area (Å²) < 4.78 is 60.4. The lowest BCUT2D eigenvalue weighted by Gasteiger charge is -2.17. The van der Waals surface area contributed by atoms with Crippen molar-refractivity contribution < 1.29 is 37.0 Å². The van der Waals surface area contributed by atoms with Gasteiger partial charge in [0.1, 0.15) is 18.0 Å². The summed E-state index contributed by atoms with van der Waals surface area (Å²) in [5.74, 6) is -2.80. The zero-order valence-electron chi connectivity index (χ0n) is 17.9. The van der Waals surface area contributed by atoms with Crippen LogP contribution in [0.25, 0.3) is 5.69 Å². The third-order valence-electron chi connectivity index (χ3n) is 5.38. The lowest BCUT2D eigenvalue weighted by Crippen LogP contribution is -2.42. The van der Waals surface area contributed by atoms with E-state index in [1.54, 1.807) is 0 Å². The molecule has 4 rings (SSSR count). The quantitative estimate of drug-likeness (QED) is 0.508. The molecule has 1 fully saturated rings. The van der Waals surface area contributed by atoms with Crippen molar-refractivity contribution in [3.05, 3.63) is 91.0 Å². The molecular weight excluding hydrogens is 514 g/mol. The average molecular weight is 528 g/mol. The fraction of sp³-hybridized carbons (Fsp3) is 0.182. The van der Waals surface area contributed by atoms with Crippen molar-refractivity contribution in [3.63, 3.8) is 0 Å². The van der Waals surface area contributed by atoms with Gasteiger partial charge in [0.15, 0.2) is 0 Å². The van der Waals surface area contributed by atoms with E-state index in [-0.39, 0.29) is 24.4 Å². The van der Waals surface area contributed by atoms with Crippen LogP contribution in [0.3, 0.4) is 0 Å². The SMILES string of the molecule is O=C(O)c1cn(-c2ccc(N3CCOC3=O)cc2F)c(=O)n(Cc2cccc(C(F)(F)F)c2Cl)c1=O. The first-order valence-corrected chi connectivity index (χ1v) is 10.5. The van der Waals surface area contributed by atoms with Gasteiger partial charge in [-0.15, -0.1) is 0 Å². The molecule has 36 heavy (non-hydrogen) atoms. The first-order valence-electron chi connectivity index (χ1n) is 10.1. The Labute approximate surface area is 203 Å². The van der Waals surface area contributed by atoms with Crippen LogP contribution in [-0.4, -0.2) is 39.5 Å². The fourth-order valence-corrected chi connectivity index (χ4v) is 3.93. The van der Waals surface area contributed by atoms with Gasteiger partial charge in [-0.3, -0.25) is 18.8 Å². The van der Waals surface area contributed by atoms with Crippen molar-refractivity contribution in [2.45, 2.75) is 12.7 Å². The van der Waals surface area contributed by atoms with Crippen LogP contribution in [0.4, 0.5) is 28.0 Å². The van der Waals surface area contributed by atoms with Gasteiger partial charge >= 0.3 is 23.9 Å². The molecule has 2 heterocycles. The molecule has 3 aromatic rings. The Morgan fingerprint density at radius 3 is 2.44 bits per heavy atom. The smallest absolute Gasteiger partial charge is 0.417 e. The van der Waals surface area contributed by atoms with Crippen LogP contribution < -0.4 is 16.1 Å². The summed E-state index contributed by atoms with van der Waals surface area (Å²) in [7, 11) is 0. The number of alkyl halides is 3. The van der Waals surface area contributed by atoms with Gasteiger partial charge in [-0.1, -0.05) is 23.7 Å². The van der Waals surface area contributed by atoms with Gasteiger partial charge in [-0.2, -0.15) is 13.2 Å². The molecule has 0 bridgehead atoms. The van der Waals surface area contributed by atoms with Crippen LogP contribution in [0.5, 0.6) is 0 Å². The third-order valence-corrected chi connectivity index (χ3v) is 5.82. The number of carbonyl (C=O) groups is 2. The number of rotatable bonds is 5. The molecule has 2 aromatic carbocycles. The molecular formula is C22H14ClF4N3O6. The number of aromatic nitrogens is 2. The van der Waals surface area contributed by atoms with E-state index in [0.717, 1.165) is 29.2 Å². The third kappa shape index (κ3) is 4.44. The monoisotopic (exact) mass is 527 g/mol. The Morgan fingerprint density at radius 1 is 1.14 bits per heavy atom. The molecule has 1 aliphatic heterocycles. The second kappa shape index (κ2) is 9.15. The fourth-order valence-electron chi connectivity index (χ4n) is 3.64. The number of carboxylic acids is 1. The minimum absolute atomic E-state index is 0.0900. The van der Waals surface area contributed by atoms with Gasteiger partial charge in [0.2, 0.25) is 0 Å². The number of anilines is 1. The minimum Gasteiger partial charge on any atom is -0.477 e. The average Bonchev–Trinajstić information content (AvgIpc) is 3.23. The second-order valence-electron chi connectivity index (χ2n) is 7.57. The van der Waals surface area contributed by atoms with Gasteiger partial charge in [0, 0.05) is 6.20 Å². The van der Waals surface area contributed by atoms with Crippen molar-refractivity contribution in [3.8, 4) is 5.69 Å². The van der Waals surface area contributed by atoms with E-state index < -0.39 is 63.7 Å². The molecule has 0 atom stereocenters. The van der Waals surface area contributed by atoms with E-state index in [0.29, 0.717) is 21.4 Å². The van der Waals surface area contributed by atoms with E-state index in [2.05, 4.69) is 0 Å². The molecule has 1 aromatic heterocycles. The molecule has 1 saturated heterocycles. The Balaban J connectivity index is 1.86. The predicted octanol–water partition coefficient (Wildman–Crippen LogP) is 3.51. The van der Waals surface area contributed by atoms with E-state index >= 15 is 4.39 Å². The molecule has 0 saturated carbocycles. The van der Waals surface area contributed by atoms with E-state index in [4.69, 9.17) is 16.3 Å². The summed E-state index contributed by atoms with van der Waals surface area (Å²) in [5.41, 5.74) is -5.37. The molecule has 0 radical (unpaired) electrons. The summed E-state index contributed by atoms with van der Waals surface area (Å²) in [4.78, 5) is 50.4. The Bertz CT molecular complexity index is 1520. The van der Waals surface area contributed by atoms with E-state index in [1.807, 2.05) is 0 Å². The maximum Gasteiger partial charge on any atom is 0.417 e. The first-order chi connectivity index (χ1) is 16.9. The first kappa shape index (κ1) is 25.0. The topological polar surface area (TPSA) is 111 Å². The number of hydrogen-bond donors (Lipinski definition) is 1. The van der Waals surface area contributed by atoms with Crippen molar-refractivity contribution in [1.82, 2.24) is 9.13 Å². The summed E-state index contributed by atoms with van der Waals surface area (Å²) in [5, 5.41) is 8.67. The van der Waals surface area contributed by atoms with Gasteiger partial charge in [-0.05, 0) is 29.8 Å². The van der Waals surface area contributed by atoms with Gasteiger partial charge in [0.05, 0.1) is 35.1 Å². The van der Waals surface area contributed by atoms with Crippen molar-refractivity contribution in [1.29, 1.82) is 0 Å². The summed E-state index contributed by atoms with van der Waals surface area (Å²) in [6, 6.07) is 6.11. The number of carbonyl (C=O) groups excluding carboxylic acids is 1. The normalized spacial score (nSPS) is 13.7. The highest BCUT2D eigenvalue weighted by Crippen LogP contribution is 2.36. The number of hydrogen-bond acceptors (Lipinski definition) is 5. The molecule has 1 aliphatic rings. The van der Waals surface area contributed by atoms with E-state index in [1.165, 1.54) is 6.07 Å². The number of ether oxygens (including phenoxy) is 1. The van der Waals surface area contributed by atoms with Crippen molar-refractivity contribution >= 4 is 29.4 Å².